The van der Waals surface area contributed by atoms with Gasteiger partial charge in [0.1, 0.15) is 10.9 Å². The third kappa shape index (κ3) is 4.17. The Morgan fingerprint density at radius 1 is 1.42 bits per heavy atom. The van der Waals surface area contributed by atoms with Crippen LogP contribution in [0, 0.1) is 25.2 Å². The molecule has 1 aliphatic heterocycles. The predicted molar refractivity (Wildman–Crippen MR) is 100.0 cm³/mol. The van der Waals surface area contributed by atoms with Crippen LogP contribution in [0.3, 0.4) is 0 Å². The highest BCUT2D eigenvalue weighted by Gasteiger charge is 2.22. The SMILES string of the molecule is Cc1csc(C(C#N)c2nc(NCCCN3CCCC3=O)ncc2C)n1. The summed E-state index contributed by atoms with van der Waals surface area (Å²) in [7, 11) is 0. The molecule has 2 aromatic rings. The van der Waals surface area contributed by atoms with Crippen molar-refractivity contribution in [3.8, 4) is 6.07 Å². The molecule has 0 aliphatic carbocycles. The third-order valence-electron chi connectivity index (χ3n) is 4.36. The summed E-state index contributed by atoms with van der Waals surface area (Å²) < 4.78 is 0. The van der Waals surface area contributed by atoms with E-state index in [1.54, 1.807) is 6.20 Å². The van der Waals surface area contributed by atoms with Crippen LogP contribution < -0.4 is 5.32 Å². The second-order valence-corrected chi connectivity index (χ2v) is 7.31. The number of nitrogens with one attached hydrogen (secondary N) is 1. The number of hydrogen-bond donors (Lipinski definition) is 1. The summed E-state index contributed by atoms with van der Waals surface area (Å²) in [4.78, 5) is 26.8. The Morgan fingerprint density at radius 2 is 2.27 bits per heavy atom. The molecular formula is C18H22N6OS. The third-order valence-corrected chi connectivity index (χ3v) is 5.38. The Labute approximate surface area is 157 Å². The molecule has 7 nitrogen and oxygen atoms in total. The zero-order valence-electron chi connectivity index (χ0n) is 15.0. The minimum absolute atomic E-state index is 0.245. The van der Waals surface area contributed by atoms with Gasteiger partial charge in [0.2, 0.25) is 11.9 Å². The number of likely N-dealkylation sites (tertiary alicyclic amines) is 1. The maximum absolute atomic E-state index is 11.6. The van der Waals surface area contributed by atoms with Crippen molar-refractivity contribution < 1.29 is 4.79 Å². The van der Waals surface area contributed by atoms with E-state index in [4.69, 9.17) is 0 Å². The number of nitriles is 1. The Balaban J connectivity index is 1.63. The van der Waals surface area contributed by atoms with Crippen molar-refractivity contribution in [3.05, 3.63) is 33.5 Å². The van der Waals surface area contributed by atoms with Crippen molar-refractivity contribution in [2.75, 3.05) is 25.0 Å². The molecule has 1 N–H and O–H groups in total. The summed E-state index contributed by atoms with van der Waals surface area (Å²) in [6.07, 6.45) is 4.21. The van der Waals surface area contributed by atoms with Gasteiger partial charge in [-0.3, -0.25) is 4.79 Å². The second kappa shape index (κ2) is 8.23. The first-order valence-electron chi connectivity index (χ1n) is 8.75. The minimum Gasteiger partial charge on any atom is -0.354 e. The van der Waals surface area contributed by atoms with E-state index in [0.717, 1.165) is 42.2 Å². The lowest BCUT2D eigenvalue weighted by Gasteiger charge is -2.15. The van der Waals surface area contributed by atoms with Crippen LogP contribution >= 0.6 is 11.3 Å². The molecule has 1 saturated heterocycles. The topological polar surface area (TPSA) is 94.8 Å². The van der Waals surface area contributed by atoms with Crippen LogP contribution in [0.2, 0.25) is 0 Å². The highest BCUT2D eigenvalue weighted by Crippen LogP contribution is 2.28. The van der Waals surface area contributed by atoms with Gasteiger partial charge in [0, 0.05) is 43.3 Å². The van der Waals surface area contributed by atoms with Gasteiger partial charge in [0.25, 0.3) is 0 Å². The molecule has 0 saturated carbocycles. The van der Waals surface area contributed by atoms with Crippen LogP contribution in [0.25, 0.3) is 0 Å². The number of carbonyl (C=O) groups is 1. The number of carbonyl (C=O) groups excluding carboxylic acids is 1. The van der Waals surface area contributed by atoms with E-state index in [0.29, 0.717) is 24.6 Å². The number of hydrogen-bond acceptors (Lipinski definition) is 7. The first kappa shape index (κ1) is 18.3. The summed E-state index contributed by atoms with van der Waals surface area (Å²) >= 11 is 1.48. The van der Waals surface area contributed by atoms with Crippen LogP contribution in [-0.2, 0) is 4.79 Å². The van der Waals surface area contributed by atoms with Crippen molar-refractivity contribution in [1.29, 1.82) is 5.26 Å². The average Bonchev–Trinajstić information content (AvgIpc) is 3.23. The largest absolute Gasteiger partial charge is 0.354 e. The van der Waals surface area contributed by atoms with Gasteiger partial charge in [-0.25, -0.2) is 15.0 Å². The Morgan fingerprint density at radius 3 is 2.92 bits per heavy atom. The normalized spacial score (nSPS) is 15.1. The summed E-state index contributed by atoms with van der Waals surface area (Å²) in [5, 5.41) is 15.5. The fourth-order valence-electron chi connectivity index (χ4n) is 2.98. The highest BCUT2D eigenvalue weighted by atomic mass is 32.1. The zero-order valence-corrected chi connectivity index (χ0v) is 15.8. The van der Waals surface area contributed by atoms with Crippen molar-refractivity contribution in [2.45, 2.75) is 39.0 Å². The van der Waals surface area contributed by atoms with Crippen LogP contribution in [-0.4, -0.2) is 45.4 Å². The van der Waals surface area contributed by atoms with E-state index in [-0.39, 0.29) is 5.91 Å². The zero-order chi connectivity index (χ0) is 18.5. The molecule has 3 heterocycles. The lowest BCUT2D eigenvalue weighted by Crippen LogP contribution is -2.27. The summed E-state index contributed by atoms with van der Waals surface area (Å²) in [5.41, 5.74) is 2.47. The van der Waals surface area contributed by atoms with Gasteiger partial charge in [-0.1, -0.05) is 0 Å². The van der Waals surface area contributed by atoms with Gasteiger partial charge in [-0.05, 0) is 32.3 Å². The van der Waals surface area contributed by atoms with E-state index >= 15 is 0 Å². The maximum Gasteiger partial charge on any atom is 0.222 e. The minimum atomic E-state index is -0.487. The number of aryl methyl sites for hydroxylation is 2. The van der Waals surface area contributed by atoms with Gasteiger partial charge < -0.3 is 10.2 Å². The smallest absolute Gasteiger partial charge is 0.222 e. The van der Waals surface area contributed by atoms with Gasteiger partial charge >= 0.3 is 0 Å². The Kier molecular flexibility index (Phi) is 5.78. The van der Waals surface area contributed by atoms with Crippen LogP contribution in [0.4, 0.5) is 5.95 Å². The molecule has 8 heteroatoms. The standard InChI is InChI=1S/C18H22N6OS/c1-12-10-21-18(20-6-4-8-24-7-3-5-15(24)25)23-16(12)14(9-19)17-22-13(2)11-26-17/h10-11,14H,3-8H2,1-2H3,(H,20,21,23). The molecule has 0 radical (unpaired) electrons. The monoisotopic (exact) mass is 370 g/mol. The van der Waals surface area contributed by atoms with Crippen molar-refractivity contribution in [3.63, 3.8) is 0 Å². The first-order valence-corrected chi connectivity index (χ1v) is 9.63. The molecule has 1 unspecified atom stereocenters. The fraction of sp³-hybridized carbons (Fsp3) is 0.500. The number of thiazole rings is 1. The molecule has 26 heavy (non-hydrogen) atoms. The number of nitrogens with zero attached hydrogens (tertiary/aromatic N) is 5. The highest BCUT2D eigenvalue weighted by molar-refractivity contribution is 7.09. The van der Waals surface area contributed by atoms with E-state index in [2.05, 4.69) is 26.3 Å². The van der Waals surface area contributed by atoms with E-state index in [1.165, 1.54) is 11.3 Å². The van der Waals surface area contributed by atoms with Crippen LogP contribution in [0.1, 0.15) is 47.1 Å². The fourth-order valence-corrected chi connectivity index (χ4v) is 3.82. The summed E-state index contributed by atoms with van der Waals surface area (Å²) in [6, 6.07) is 2.31. The molecule has 0 aromatic carbocycles. The van der Waals surface area contributed by atoms with Gasteiger partial charge in [0.05, 0.1) is 11.8 Å². The second-order valence-electron chi connectivity index (χ2n) is 6.42. The molecular weight excluding hydrogens is 348 g/mol. The first-order chi connectivity index (χ1) is 12.6. The molecule has 0 bridgehead atoms. The molecule has 2 aromatic heterocycles. The molecule has 1 amide bonds. The summed E-state index contributed by atoms with van der Waals surface area (Å²) in [5.74, 6) is 0.265. The molecule has 3 rings (SSSR count). The van der Waals surface area contributed by atoms with Gasteiger partial charge in [0.15, 0.2) is 0 Å². The van der Waals surface area contributed by atoms with Crippen LogP contribution in [0.15, 0.2) is 11.6 Å². The molecule has 136 valence electrons. The summed E-state index contributed by atoms with van der Waals surface area (Å²) in [6.45, 7) is 6.12. The molecule has 1 atom stereocenters. The number of amides is 1. The lowest BCUT2D eigenvalue weighted by atomic mass is 10.0. The Bertz CT molecular complexity index is 827. The van der Waals surface area contributed by atoms with Crippen molar-refractivity contribution in [2.24, 2.45) is 0 Å². The van der Waals surface area contributed by atoms with E-state index in [1.807, 2.05) is 24.1 Å². The Hall–Kier alpha value is -2.53. The number of rotatable bonds is 7. The average molecular weight is 370 g/mol. The number of aromatic nitrogens is 3. The van der Waals surface area contributed by atoms with Crippen molar-refractivity contribution >= 4 is 23.2 Å². The molecule has 1 aliphatic rings. The lowest BCUT2D eigenvalue weighted by molar-refractivity contribution is -0.127. The quantitative estimate of drug-likeness (QED) is 0.753. The molecule has 1 fully saturated rings. The number of anilines is 1. The maximum atomic E-state index is 11.6. The van der Waals surface area contributed by atoms with Gasteiger partial charge in [-0.15, -0.1) is 11.3 Å². The van der Waals surface area contributed by atoms with E-state index in [9.17, 15) is 10.1 Å². The molecule has 0 spiro atoms. The predicted octanol–water partition coefficient (Wildman–Crippen LogP) is 2.63. The van der Waals surface area contributed by atoms with Gasteiger partial charge in [-0.2, -0.15) is 5.26 Å². The van der Waals surface area contributed by atoms with E-state index < -0.39 is 5.92 Å². The van der Waals surface area contributed by atoms with Crippen molar-refractivity contribution in [1.82, 2.24) is 19.9 Å². The van der Waals surface area contributed by atoms with Crippen LogP contribution in [0.5, 0.6) is 0 Å².